The zero-order valence-electron chi connectivity index (χ0n) is 12.0. The molecule has 0 atom stereocenters. The van der Waals surface area contributed by atoms with Crippen LogP contribution in [0, 0.1) is 0 Å². The van der Waals surface area contributed by atoms with E-state index in [2.05, 4.69) is 33.6 Å². The molecule has 2 N–H and O–H groups in total. The molecule has 5 heteroatoms. The number of nitrogens with zero attached hydrogens (tertiary/aromatic N) is 4. The molecule has 106 valence electrons. The van der Waals surface area contributed by atoms with Crippen molar-refractivity contribution in [2.75, 3.05) is 37.6 Å². The van der Waals surface area contributed by atoms with Crippen LogP contribution in [0.1, 0.15) is 26.7 Å². The molecule has 0 bridgehead atoms. The molecule has 0 spiro atoms. The first kappa shape index (κ1) is 14.2. The molecule has 1 aromatic heterocycles. The minimum Gasteiger partial charge on any atom is -0.338 e. The lowest BCUT2D eigenvalue weighted by Crippen LogP contribution is -2.60. The summed E-state index contributed by atoms with van der Waals surface area (Å²) >= 11 is 0. The average Bonchev–Trinajstić information content (AvgIpc) is 2.51. The van der Waals surface area contributed by atoms with Crippen LogP contribution in [-0.2, 0) is 0 Å². The highest BCUT2D eigenvalue weighted by Gasteiger charge is 2.34. The highest BCUT2D eigenvalue weighted by molar-refractivity contribution is 5.29. The van der Waals surface area contributed by atoms with E-state index in [-0.39, 0.29) is 5.54 Å². The molecule has 0 unspecified atom stereocenters. The fourth-order valence-electron chi connectivity index (χ4n) is 2.95. The zero-order chi connectivity index (χ0) is 13.7. The molecular weight excluding hydrogens is 238 g/mol. The first-order chi connectivity index (χ1) is 9.25. The van der Waals surface area contributed by atoms with Gasteiger partial charge in [0.15, 0.2) is 0 Å². The van der Waals surface area contributed by atoms with Gasteiger partial charge < -0.3 is 10.6 Å². The van der Waals surface area contributed by atoms with Gasteiger partial charge in [-0.3, -0.25) is 4.90 Å². The number of aromatic nitrogens is 2. The maximum absolute atomic E-state index is 6.03. The molecule has 2 rings (SSSR count). The number of hydrogen-bond acceptors (Lipinski definition) is 5. The number of rotatable bonds is 5. The van der Waals surface area contributed by atoms with Gasteiger partial charge in [-0.05, 0) is 18.9 Å². The fraction of sp³-hybridized carbons (Fsp3) is 0.714. The number of anilines is 1. The molecule has 1 aromatic rings. The monoisotopic (exact) mass is 263 g/mol. The largest absolute Gasteiger partial charge is 0.338 e. The van der Waals surface area contributed by atoms with Gasteiger partial charge >= 0.3 is 0 Å². The lowest BCUT2D eigenvalue weighted by molar-refractivity contribution is 0.0782. The standard InChI is InChI=1S/C14H25N5/c1-3-14(4-2,12-15)19-10-8-18(9-11-19)13-16-6-5-7-17-13/h5-7H,3-4,8-12,15H2,1-2H3. The van der Waals surface area contributed by atoms with Crippen molar-refractivity contribution in [3.05, 3.63) is 18.5 Å². The third-order valence-corrected chi connectivity index (χ3v) is 4.48. The van der Waals surface area contributed by atoms with Gasteiger partial charge in [-0.25, -0.2) is 9.97 Å². The second-order valence-corrected chi connectivity index (χ2v) is 5.16. The highest BCUT2D eigenvalue weighted by atomic mass is 15.3. The Balaban J connectivity index is 1.99. The Hall–Kier alpha value is -1.20. The molecular formula is C14H25N5. The van der Waals surface area contributed by atoms with Gasteiger partial charge in [0.25, 0.3) is 0 Å². The second-order valence-electron chi connectivity index (χ2n) is 5.16. The summed E-state index contributed by atoms with van der Waals surface area (Å²) in [6.07, 6.45) is 5.83. The highest BCUT2D eigenvalue weighted by Crippen LogP contribution is 2.25. The van der Waals surface area contributed by atoms with E-state index in [9.17, 15) is 0 Å². The SMILES string of the molecule is CCC(CC)(CN)N1CCN(c2ncccn2)CC1. The van der Waals surface area contributed by atoms with E-state index in [1.54, 1.807) is 12.4 Å². The van der Waals surface area contributed by atoms with Crippen LogP contribution in [0.4, 0.5) is 5.95 Å². The minimum atomic E-state index is 0.170. The van der Waals surface area contributed by atoms with Crippen LogP contribution < -0.4 is 10.6 Å². The van der Waals surface area contributed by atoms with Gasteiger partial charge in [-0.2, -0.15) is 0 Å². The maximum Gasteiger partial charge on any atom is 0.225 e. The molecule has 1 aliphatic heterocycles. The predicted octanol–water partition coefficient (Wildman–Crippen LogP) is 1.12. The molecule has 5 nitrogen and oxygen atoms in total. The molecule has 0 saturated carbocycles. The molecule has 0 radical (unpaired) electrons. The predicted molar refractivity (Wildman–Crippen MR) is 78.2 cm³/mol. The van der Waals surface area contributed by atoms with E-state index < -0.39 is 0 Å². The Bertz CT molecular complexity index is 360. The van der Waals surface area contributed by atoms with Crippen molar-refractivity contribution in [2.45, 2.75) is 32.2 Å². The average molecular weight is 263 g/mol. The minimum absolute atomic E-state index is 0.170. The van der Waals surface area contributed by atoms with Crippen molar-refractivity contribution in [1.29, 1.82) is 0 Å². The van der Waals surface area contributed by atoms with Crippen molar-refractivity contribution in [1.82, 2.24) is 14.9 Å². The summed E-state index contributed by atoms with van der Waals surface area (Å²) in [7, 11) is 0. The van der Waals surface area contributed by atoms with E-state index in [0.717, 1.165) is 51.5 Å². The van der Waals surface area contributed by atoms with Crippen LogP contribution >= 0.6 is 0 Å². The molecule has 1 aliphatic rings. The second kappa shape index (κ2) is 6.30. The van der Waals surface area contributed by atoms with Crippen LogP contribution in [0.5, 0.6) is 0 Å². The molecule has 1 saturated heterocycles. The van der Waals surface area contributed by atoms with Crippen LogP contribution in [0.3, 0.4) is 0 Å². The quantitative estimate of drug-likeness (QED) is 0.862. The van der Waals surface area contributed by atoms with Crippen LogP contribution in [0.15, 0.2) is 18.5 Å². The molecule has 1 fully saturated rings. The molecule has 0 aromatic carbocycles. The Labute approximate surface area is 115 Å². The van der Waals surface area contributed by atoms with Gasteiger partial charge in [0, 0.05) is 50.7 Å². The van der Waals surface area contributed by atoms with E-state index in [1.165, 1.54) is 0 Å². The summed E-state index contributed by atoms with van der Waals surface area (Å²) in [5.41, 5.74) is 6.20. The van der Waals surface area contributed by atoms with E-state index in [4.69, 9.17) is 5.73 Å². The van der Waals surface area contributed by atoms with Gasteiger partial charge in [0.05, 0.1) is 0 Å². The van der Waals surface area contributed by atoms with Crippen LogP contribution in [0.25, 0.3) is 0 Å². The lowest BCUT2D eigenvalue weighted by Gasteiger charge is -2.46. The van der Waals surface area contributed by atoms with E-state index >= 15 is 0 Å². The normalized spacial score (nSPS) is 17.7. The first-order valence-corrected chi connectivity index (χ1v) is 7.23. The van der Waals surface area contributed by atoms with Crippen LogP contribution in [-0.4, -0.2) is 53.1 Å². The Kier molecular flexibility index (Phi) is 4.71. The summed E-state index contributed by atoms with van der Waals surface area (Å²) in [5.74, 6) is 0.841. The zero-order valence-corrected chi connectivity index (χ0v) is 12.0. The van der Waals surface area contributed by atoms with Gasteiger partial charge in [-0.15, -0.1) is 0 Å². The van der Waals surface area contributed by atoms with Crippen molar-refractivity contribution in [3.63, 3.8) is 0 Å². The summed E-state index contributed by atoms with van der Waals surface area (Å²) < 4.78 is 0. The Morgan fingerprint density at radius 2 is 1.68 bits per heavy atom. The van der Waals surface area contributed by atoms with Gasteiger partial charge in [-0.1, -0.05) is 13.8 Å². The summed E-state index contributed by atoms with van der Waals surface area (Å²) in [4.78, 5) is 13.4. The number of nitrogens with two attached hydrogens (primary N) is 1. The first-order valence-electron chi connectivity index (χ1n) is 7.23. The third-order valence-electron chi connectivity index (χ3n) is 4.48. The topological polar surface area (TPSA) is 58.3 Å². The number of hydrogen-bond donors (Lipinski definition) is 1. The Morgan fingerprint density at radius 3 is 2.16 bits per heavy atom. The summed E-state index contributed by atoms with van der Waals surface area (Å²) in [5, 5.41) is 0. The molecule has 2 heterocycles. The van der Waals surface area contributed by atoms with Crippen molar-refractivity contribution < 1.29 is 0 Å². The van der Waals surface area contributed by atoms with E-state index in [1.807, 2.05) is 6.07 Å². The number of piperazine rings is 1. The maximum atomic E-state index is 6.03. The van der Waals surface area contributed by atoms with Crippen molar-refractivity contribution in [2.24, 2.45) is 5.73 Å². The molecule has 19 heavy (non-hydrogen) atoms. The molecule has 0 aliphatic carbocycles. The lowest BCUT2D eigenvalue weighted by atomic mass is 9.90. The third kappa shape index (κ3) is 2.87. The van der Waals surface area contributed by atoms with Crippen LogP contribution in [0.2, 0.25) is 0 Å². The summed E-state index contributed by atoms with van der Waals surface area (Å²) in [6.45, 7) is 9.25. The molecule has 0 amide bonds. The van der Waals surface area contributed by atoms with Gasteiger partial charge in [0.1, 0.15) is 0 Å². The van der Waals surface area contributed by atoms with Crippen molar-refractivity contribution >= 4 is 5.95 Å². The Morgan fingerprint density at radius 1 is 1.11 bits per heavy atom. The van der Waals surface area contributed by atoms with Gasteiger partial charge in [0.2, 0.25) is 5.95 Å². The van der Waals surface area contributed by atoms with Crippen molar-refractivity contribution in [3.8, 4) is 0 Å². The smallest absolute Gasteiger partial charge is 0.225 e. The van der Waals surface area contributed by atoms with E-state index in [0.29, 0.717) is 0 Å². The summed E-state index contributed by atoms with van der Waals surface area (Å²) in [6, 6.07) is 1.85. The fourth-order valence-corrected chi connectivity index (χ4v) is 2.95.